The van der Waals surface area contributed by atoms with Gasteiger partial charge in [0.15, 0.2) is 0 Å². The van der Waals surface area contributed by atoms with Crippen molar-refractivity contribution in [1.29, 1.82) is 0 Å². The van der Waals surface area contributed by atoms with Crippen LogP contribution in [0.5, 0.6) is 0 Å². The highest BCUT2D eigenvalue weighted by Crippen LogP contribution is 2.25. The van der Waals surface area contributed by atoms with Crippen LogP contribution < -0.4 is 9.62 Å². The van der Waals surface area contributed by atoms with Gasteiger partial charge in [0.25, 0.3) is 0 Å². The first kappa shape index (κ1) is 24.3. The lowest BCUT2D eigenvalue weighted by Gasteiger charge is -2.30. The molecule has 2 aromatic rings. The number of carbonyl (C=O) groups is 1. The van der Waals surface area contributed by atoms with Crippen LogP contribution in [0.3, 0.4) is 0 Å². The summed E-state index contributed by atoms with van der Waals surface area (Å²) in [5.74, 6) is -0.284. The van der Waals surface area contributed by atoms with Crippen LogP contribution in [-0.4, -0.2) is 44.6 Å². The molecule has 6 nitrogen and oxygen atoms in total. The Labute approximate surface area is 192 Å². The van der Waals surface area contributed by atoms with E-state index < -0.39 is 16.1 Å². The Morgan fingerprint density at radius 3 is 2.22 bits per heavy atom. The zero-order valence-electron chi connectivity index (χ0n) is 19.6. The lowest BCUT2D eigenvalue weighted by molar-refractivity contribution is -0.122. The summed E-state index contributed by atoms with van der Waals surface area (Å²) in [6.07, 6.45) is 4.00. The summed E-state index contributed by atoms with van der Waals surface area (Å²) >= 11 is 0. The topological polar surface area (TPSA) is 69.7 Å². The van der Waals surface area contributed by atoms with Crippen LogP contribution >= 0.6 is 0 Å². The molecule has 0 bridgehead atoms. The molecule has 7 heteroatoms. The summed E-state index contributed by atoms with van der Waals surface area (Å²) in [7, 11) is -3.65. The third-order valence-electron chi connectivity index (χ3n) is 5.95. The number of hydrogen-bond donors (Lipinski definition) is 1. The van der Waals surface area contributed by atoms with E-state index in [1.807, 2.05) is 57.2 Å². The van der Waals surface area contributed by atoms with Crippen molar-refractivity contribution in [3.05, 3.63) is 64.7 Å². The number of carbonyl (C=O) groups excluding carboxylic acids is 1. The molecule has 1 unspecified atom stereocenters. The van der Waals surface area contributed by atoms with Gasteiger partial charge in [-0.15, -0.1) is 0 Å². The van der Waals surface area contributed by atoms with Crippen LogP contribution in [0.1, 0.15) is 48.4 Å². The number of nitrogens with zero attached hydrogens (tertiary/aromatic N) is 2. The van der Waals surface area contributed by atoms with Crippen molar-refractivity contribution >= 4 is 21.6 Å². The van der Waals surface area contributed by atoms with E-state index in [1.165, 1.54) is 22.7 Å². The minimum Gasteiger partial charge on any atom is -0.350 e. The molecule has 1 amide bonds. The standard InChI is InChI=1S/C25H35N3O3S/c1-5-24(28(32(4,30)31)23-15-19(2)14-20(3)16-23)25(29)26-17-21-10-6-7-11-22(21)18-27-12-8-9-13-27/h6-7,10-11,14-16,24H,5,8-9,12-13,17-18H2,1-4H3,(H,26,29). The van der Waals surface area contributed by atoms with Crippen molar-refractivity contribution in [2.75, 3.05) is 23.7 Å². The molecule has 1 heterocycles. The third-order valence-corrected chi connectivity index (χ3v) is 7.13. The third kappa shape index (κ3) is 6.11. The van der Waals surface area contributed by atoms with Crippen LogP contribution in [0.4, 0.5) is 5.69 Å². The van der Waals surface area contributed by atoms with Gasteiger partial charge in [0.05, 0.1) is 11.9 Å². The summed E-state index contributed by atoms with van der Waals surface area (Å²) < 4.78 is 26.7. The number of nitrogens with one attached hydrogen (secondary N) is 1. The molecule has 1 aliphatic rings. The van der Waals surface area contributed by atoms with E-state index in [2.05, 4.69) is 16.3 Å². The van der Waals surface area contributed by atoms with Crippen molar-refractivity contribution in [2.24, 2.45) is 0 Å². The van der Waals surface area contributed by atoms with E-state index in [9.17, 15) is 13.2 Å². The van der Waals surface area contributed by atoms with Gasteiger partial charge in [0.1, 0.15) is 6.04 Å². The first-order chi connectivity index (χ1) is 15.2. The highest BCUT2D eigenvalue weighted by molar-refractivity contribution is 7.92. The number of aryl methyl sites for hydroxylation is 2. The lowest BCUT2D eigenvalue weighted by atomic mass is 10.1. The summed E-state index contributed by atoms with van der Waals surface area (Å²) in [6.45, 7) is 9.16. The highest BCUT2D eigenvalue weighted by atomic mass is 32.2. The summed E-state index contributed by atoms with van der Waals surface area (Å²) in [6, 6.07) is 13.0. The SMILES string of the molecule is CCC(C(=O)NCc1ccccc1CN1CCCC1)N(c1cc(C)cc(C)c1)S(C)(=O)=O. The predicted octanol–water partition coefficient (Wildman–Crippen LogP) is 3.76. The normalized spacial score (nSPS) is 15.5. The molecular formula is C25H35N3O3S. The minimum atomic E-state index is -3.65. The molecule has 0 saturated carbocycles. The van der Waals surface area contributed by atoms with Gasteiger partial charge in [0.2, 0.25) is 15.9 Å². The van der Waals surface area contributed by atoms with E-state index in [0.29, 0.717) is 18.7 Å². The van der Waals surface area contributed by atoms with Gasteiger partial charge < -0.3 is 5.32 Å². The summed E-state index contributed by atoms with van der Waals surface area (Å²) in [5.41, 5.74) is 4.72. The van der Waals surface area contributed by atoms with Crippen molar-refractivity contribution in [2.45, 2.75) is 59.2 Å². The molecule has 0 spiro atoms. The maximum Gasteiger partial charge on any atom is 0.244 e. The fourth-order valence-electron chi connectivity index (χ4n) is 4.50. The molecule has 3 rings (SSSR count). The lowest BCUT2D eigenvalue weighted by Crippen LogP contribution is -2.49. The molecule has 174 valence electrons. The van der Waals surface area contributed by atoms with Gasteiger partial charge in [-0.2, -0.15) is 0 Å². The maximum absolute atomic E-state index is 13.2. The van der Waals surface area contributed by atoms with E-state index in [1.54, 1.807) is 0 Å². The van der Waals surface area contributed by atoms with Crippen molar-refractivity contribution in [3.8, 4) is 0 Å². The molecule has 1 atom stereocenters. The second-order valence-corrected chi connectivity index (χ2v) is 10.7. The quantitative estimate of drug-likeness (QED) is 0.623. The summed E-state index contributed by atoms with van der Waals surface area (Å²) in [4.78, 5) is 15.6. The Bertz CT molecular complexity index is 1030. The number of anilines is 1. The van der Waals surface area contributed by atoms with Gasteiger partial charge >= 0.3 is 0 Å². The number of rotatable bonds is 9. The van der Waals surface area contributed by atoms with E-state index >= 15 is 0 Å². The fraction of sp³-hybridized carbons (Fsp3) is 0.480. The Hall–Kier alpha value is -2.38. The zero-order valence-corrected chi connectivity index (χ0v) is 20.4. The molecule has 2 aromatic carbocycles. The van der Waals surface area contributed by atoms with E-state index in [-0.39, 0.29) is 5.91 Å². The molecule has 1 fully saturated rings. The highest BCUT2D eigenvalue weighted by Gasteiger charge is 2.31. The van der Waals surface area contributed by atoms with Crippen molar-refractivity contribution < 1.29 is 13.2 Å². The Balaban J connectivity index is 1.79. The molecule has 1 N–H and O–H groups in total. The van der Waals surface area contributed by atoms with Crippen molar-refractivity contribution in [3.63, 3.8) is 0 Å². The number of benzene rings is 2. The number of amides is 1. The van der Waals surface area contributed by atoms with Gasteiger partial charge in [-0.3, -0.25) is 14.0 Å². The molecule has 0 aliphatic carbocycles. The molecule has 0 radical (unpaired) electrons. The van der Waals surface area contributed by atoms with Crippen LogP contribution in [0.15, 0.2) is 42.5 Å². The predicted molar refractivity (Wildman–Crippen MR) is 130 cm³/mol. The second-order valence-electron chi connectivity index (χ2n) is 8.80. The fourth-order valence-corrected chi connectivity index (χ4v) is 5.70. The zero-order chi connectivity index (χ0) is 23.3. The first-order valence-corrected chi connectivity index (χ1v) is 13.2. The van der Waals surface area contributed by atoms with Gasteiger partial charge in [-0.1, -0.05) is 37.3 Å². The Kier molecular flexibility index (Phi) is 7.96. The second kappa shape index (κ2) is 10.5. The molecule has 1 aliphatic heterocycles. The van der Waals surface area contributed by atoms with E-state index in [4.69, 9.17) is 0 Å². The Morgan fingerprint density at radius 2 is 1.66 bits per heavy atom. The molecule has 1 saturated heterocycles. The summed E-state index contributed by atoms with van der Waals surface area (Å²) in [5, 5.41) is 3.00. The van der Waals surface area contributed by atoms with Gasteiger partial charge in [-0.05, 0) is 80.6 Å². The van der Waals surface area contributed by atoms with E-state index in [0.717, 1.165) is 42.6 Å². The van der Waals surface area contributed by atoms with Gasteiger partial charge in [0, 0.05) is 13.1 Å². The monoisotopic (exact) mass is 457 g/mol. The number of hydrogen-bond acceptors (Lipinski definition) is 4. The molecule has 0 aromatic heterocycles. The molecular weight excluding hydrogens is 422 g/mol. The number of sulfonamides is 1. The minimum absolute atomic E-state index is 0.284. The molecule has 32 heavy (non-hydrogen) atoms. The van der Waals surface area contributed by atoms with Gasteiger partial charge in [-0.25, -0.2) is 8.42 Å². The van der Waals surface area contributed by atoms with Crippen LogP contribution in [0.25, 0.3) is 0 Å². The average molecular weight is 458 g/mol. The average Bonchev–Trinajstić information content (AvgIpc) is 3.22. The maximum atomic E-state index is 13.2. The van der Waals surface area contributed by atoms with Crippen LogP contribution in [-0.2, 0) is 27.9 Å². The number of likely N-dealkylation sites (tertiary alicyclic amines) is 1. The Morgan fingerprint density at radius 1 is 1.06 bits per heavy atom. The van der Waals surface area contributed by atoms with Crippen molar-refractivity contribution in [1.82, 2.24) is 10.2 Å². The first-order valence-electron chi connectivity index (χ1n) is 11.3. The smallest absolute Gasteiger partial charge is 0.244 e. The van der Waals surface area contributed by atoms with Crippen LogP contribution in [0, 0.1) is 13.8 Å². The largest absolute Gasteiger partial charge is 0.350 e. The van der Waals surface area contributed by atoms with Crippen LogP contribution in [0.2, 0.25) is 0 Å².